The van der Waals surface area contributed by atoms with Gasteiger partial charge in [-0.3, -0.25) is 19.8 Å². The minimum atomic E-state index is -0.468. The second kappa shape index (κ2) is 11.8. The van der Waals surface area contributed by atoms with Crippen molar-refractivity contribution in [1.29, 1.82) is 0 Å². The molecule has 1 saturated heterocycles. The molecule has 1 aromatic carbocycles. The van der Waals surface area contributed by atoms with E-state index in [2.05, 4.69) is 15.5 Å². The van der Waals surface area contributed by atoms with Crippen molar-refractivity contribution in [1.82, 2.24) is 20.2 Å². The lowest BCUT2D eigenvalue weighted by Gasteiger charge is -2.26. The van der Waals surface area contributed by atoms with E-state index < -0.39 is 11.8 Å². The second-order valence-electron chi connectivity index (χ2n) is 8.94. The van der Waals surface area contributed by atoms with Crippen LogP contribution in [0.1, 0.15) is 6.92 Å². The van der Waals surface area contributed by atoms with E-state index >= 15 is 0 Å². The highest BCUT2D eigenvalue weighted by molar-refractivity contribution is 7.17. The Labute approximate surface area is 239 Å². The Kier molecular flexibility index (Phi) is 8.24. The van der Waals surface area contributed by atoms with Gasteiger partial charge >= 0.3 is 0 Å². The number of fused-ring (bicyclic) bond motifs is 1. The molecule has 0 saturated carbocycles. The van der Waals surface area contributed by atoms with Crippen molar-refractivity contribution in [2.24, 2.45) is 0 Å². The smallest absolute Gasteiger partial charge is 0.275 e. The first kappa shape index (κ1) is 27.2. The number of carbonyl (C=O) groups excluding carboxylic acids is 2. The first-order valence-corrected chi connectivity index (χ1v) is 14.0. The van der Waals surface area contributed by atoms with Gasteiger partial charge < -0.3 is 14.8 Å². The molecular formula is C27H26ClN5O4S2. The summed E-state index contributed by atoms with van der Waals surface area (Å²) in [5.41, 5.74) is 2.40. The van der Waals surface area contributed by atoms with E-state index in [-0.39, 0.29) is 18.1 Å². The Morgan fingerprint density at radius 2 is 1.95 bits per heavy atom. The monoisotopic (exact) mass is 583 g/mol. The summed E-state index contributed by atoms with van der Waals surface area (Å²) in [5.74, 6) is 0.942. The van der Waals surface area contributed by atoms with Crippen molar-refractivity contribution < 1.29 is 19.1 Å². The van der Waals surface area contributed by atoms with Crippen LogP contribution >= 0.6 is 35.1 Å². The maximum atomic E-state index is 12.5. The van der Waals surface area contributed by atoms with Crippen LogP contribution in [0.5, 0.6) is 5.75 Å². The largest absolute Gasteiger partial charge is 0.492 e. The van der Waals surface area contributed by atoms with Crippen molar-refractivity contribution in [2.45, 2.75) is 6.92 Å². The zero-order valence-corrected chi connectivity index (χ0v) is 23.5. The minimum absolute atomic E-state index is 0. The highest BCUT2D eigenvalue weighted by Gasteiger charge is 2.29. The molecule has 1 fully saturated rings. The number of ether oxygens (including phenoxy) is 2. The molecule has 4 aromatic rings. The maximum absolute atomic E-state index is 12.5. The zero-order valence-electron chi connectivity index (χ0n) is 21.1. The van der Waals surface area contributed by atoms with Gasteiger partial charge in [-0.05, 0) is 36.1 Å². The number of thiophene rings is 2. The summed E-state index contributed by atoms with van der Waals surface area (Å²) < 4.78 is 11.5. The summed E-state index contributed by atoms with van der Waals surface area (Å²) in [6, 6.07) is 11.8. The van der Waals surface area contributed by atoms with Gasteiger partial charge in [0.15, 0.2) is 5.82 Å². The second-order valence-corrected chi connectivity index (χ2v) is 10.7. The van der Waals surface area contributed by atoms with Crippen molar-refractivity contribution in [3.8, 4) is 27.6 Å². The lowest BCUT2D eigenvalue weighted by Crippen LogP contribution is -2.38. The molecule has 2 aliphatic rings. The summed E-state index contributed by atoms with van der Waals surface area (Å²) in [4.78, 5) is 38.2. The number of imide groups is 1. The molecule has 6 rings (SSSR count). The summed E-state index contributed by atoms with van der Waals surface area (Å²) in [6.07, 6.45) is 0. The van der Waals surface area contributed by atoms with E-state index in [9.17, 15) is 9.59 Å². The molecule has 5 heterocycles. The molecule has 2 N–H and O–H groups in total. The van der Waals surface area contributed by atoms with Gasteiger partial charge in [0, 0.05) is 36.2 Å². The van der Waals surface area contributed by atoms with Gasteiger partial charge in [0.1, 0.15) is 28.7 Å². The number of anilines is 1. The Morgan fingerprint density at radius 1 is 1.10 bits per heavy atom. The number of aromatic nitrogens is 2. The number of carbonyl (C=O) groups is 2. The fourth-order valence-corrected chi connectivity index (χ4v) is 6.05. The number of hydrogen-bond acceptors (Lipinski definition) is 10. The molecule has 9 nitrogen and oxygen atoms in total. The molecule has 0 bridgehead atoms. The van der Waals surface area contributed by atoms with Crippen LogP contribution in [0.25, 0.3) is 32.0 Å². The maximum Gasteiger partial charge on any atom is 0.275 e. The van der Waals surface area contributed by atoms with E-state index in [1.165, 1.54) is 22.7 Å². The lowest BCUT2D eigenvalue weighted by atomic mass is 10.1. The Balaban J connectivity index is 0.00000308. The normalized spacial score (nSPS) is 15.9. The fourth-order valence-electron chi connectivity index (χ4n) is 4.44. The number of rotatable bonds is 8. The predicted molar refractivity (Wildman–Crippen MR) is 156 cm³/mol. The third kappa shape index (κ3) is 5.68. The summed E-state index contributed by atoms with van der Waals surface area (Å²) in [5, 5.41) is 10.3. The van der Waals surface area contributed by atoms with Crippen molar-refractivity contribution >= 4 is 62.9 Å². The van der Waals surface area contributed by atoms with Crippen molar-refractivity contribution in [2.75, 3.05) is 44.8 Å². The summed E-state index contributed by atoms with van der Waals surface area (Å²) in [7, 11) is 0. The first-order valence-electron chi connectivity index (χ1n) is 12.3. The number of hydrogen-bond donors (Lipinski definition) is 2. The van der Waals surface area contributed by atoms with Gasteiger partial charge in [0.05, 0.1) is 23.5 Å². The molecule has 2 aliphatic heterocycles. The average molecular weight is 584 g/mol. The fraction of sp³-hybridized carbons (Fsp3) is 0.259. The molecule has 2 amide bonds. The van der Waals surface area contributed by atoms with Crippen LogP contribution in [-0.4, -0.2) is 66.1 Å². The molecule has 0 aliphatic carbocycles. The highest BCUT2D eigenvalue weighted by atomic mass is 35.5. The van der Waals surface area contributed by atoms with Gasteiger partial charge in [-0.15, -0.1) is 35.1 Å². The average Bonchev–Trinajstić information content (AvgIpc) is 3.67. The van der Waals surface area contributed by atoms with Crippen LogP contribution in [-0.2, 0) is 14.3 Å². The van der Waals surface area contributed by atoms with Crippen molar-refractivity contribution in [3.63, 3.8) is 0 Å². The predicted octanol–water partition coefficient (Wildman–Crippen LogP) is 4.56. The quantitative estimate of drug-likeness (QED) is 0.291. The summed E-state index contributed by atoms with van der Waals surface area (Å²) >= 11 is 3.05. The van der Waals surface area contributed by atoms with E-state index in [4.69, 9.17) is 19.4 Å². The molecule has 0 spiro atoms. The Morgan fingerprint density at radius 3 is 2.69 bits per heavy atom. The van der Waals surface area contributed by atoms with Gasteiger partial charge in [-0.25, -0.2) is 9.97 Å². The van der Waals surface area contributed by atoms with E-state index in [1.54, 1.807) is 6.92 Å². The van der Waals surface area contributed by atoms with Crippen LogP contribution in [0, 0.1) is 0 Å². The first-order chi connectivity index (χ1) is 18.6. The van der Waals surface area contributed by atoms with Crippen molar-refractivity contribution in [3.05, 3.63) is 58.4 Å². The van der Waals surface area contributed by atoms with E-state index in [0.717, 1.165) is 64.8 Å². The topological polar surface area (TPSA) is 106 Å². The van der Waals surface area contributed by atoms with Crippen LogP contribution in [0.15, 0.2) is 58.4 Å². The molecule has 0 radical (unpaired) electrons. The summed E-state index contributed by atoms with van der Waals surface area (Å²) in [6.45, 7) is 6.43. The number of halogens is 1. The lowest BCUT2D eigenvalue weighted by molar-refractivity contribution is -0.124. The number of nitrogens with zero attached hydrogens (tertiary/aromatic N) is 3. The molecular weight excluding hydrogens is 558 g/mol. The van der Waals surface area contributed by atoms with Gasteiger partial charge in [0.25, 0.3) is 11.8 Å². The molecule has 0 unspecified atom stereocenters. The van der Waals surface area contributed by atoms with E-state index in [0.29, 0.717) is 23.8 Å². The molecule has 39 heavy (non-hydrogen) atoms. The van der Waals surface area contributed by atoms with Crippen LogP contribution in [0.4, 0.5) is 5.82 Å². The Hall–Kier alpha value is -3.35. The number of morpholine rings is 1. The number of benzene rings is 1. The zero-order chi connectivity index (χ0) is 26.1. The third-order valence-electron chi connectivity index (χ3n) is 6.51. The molecule has 12 heteroatoms. The SMILES string of the molecule is CC1=C(Nc2nc(-c3cccs3)nc3scc(-c4cccc(OCCN5CCOCC5)c4)c23)C(=O)NC1=O.Cl. The van der Waals surface area contributed by atoms with Gasteiger partial charge in [0.2, 0.25) is 0 Å². The standard InChI is InChI=1S/C27H25N5O4S2.ClH/c1-16-22(26(34)31-25(16)33)28-24-21-19(15-38-27(21)30-23(29-24)20-6-3-13-37-20)17-4-2-5-18(14-17)36-12-9-32-7-10-35-11-8-32;/h2-6,13-15H,7-12H2,1H3,(H2,28,29,30,31,33,34);1H. The van der Waals surface area contributed by atoms with Crippen LogP contribution in [0.2, 0.25) is 0 Å². The van der Waals surface area contributed by atoms with Gasteiger partial charge in [-0.1, -0.05) is 18.2 Å². The number of nitrogens with one attached hydrogen (secondary N) is 2. The molecule has 202 valence electrons. The van der Waals surface area contributed by atoms with Crippen LogP contribution in [0.3, 0.4) is 0 Å². The van der Waals surface area contributed by atoms with Crippen LogP contribution < -0.4 is 15.4 Å². The van der Waals surface area contributed by atoms with E-state index in [1.807, 2.05) is 47.2 Å². The van der Waals surface area contributed by atoms with Gasteiger partial charge in [-0.2, -0.15) is 0 Å². The number of amides is 2. The molecule has 3 aromatic heterocycles. The highest BCUT2D eigenvalue weighted by Crippen LogP contribution is 2.40. The minimum Gasteiger partial charge on any atom is -0.492 e. The Bertz CT molecular complexity index is 1550. The third-order valence-corrected chi connectivity index (χ3v) is 8.25. The molecule has 0 atom stereocenters.